The Morgan fingerprint density at radius 2 is 1.38 bits per heavy atom. The Kier molecular flexibility index (Phi) is 13.1. The van der Waals surface area contributed by atoms with Gasteiger partial charge in [-0.05, 0) is 60.1 Å². The Balaban J connectivity index is 1.60. The fourth-order valence-corrected chi connectivity index (χ4v) is 5.96. The van der Waals surface area contributed by atoms with Crippen molar-refractivity contribution in [2.24, 2.45) is 0 Å². The van der Waals surface area contributed by atoms with E-state index in [4.69, 9.17) is 9.47 Å². The van der Waals surface area contributed by atoms with E-state index in [9.17, 15) is 14.7 Å². The predicted octanol–water partition coefficient (Wildman–Crippen LogP) is 6.90. The molecule has 0 bridgehead atoms. The SMILES string of the molecule is COC(=O)Cc1cccc(S[C@H](c2ccccc2CCCCCCCCc2ccccc2)[C@@H](O)C(=O)OC)c1. The molecular weight excluding hydrogens is 508 g/mol. The minimum Gasteiger partial charge on any atom is -0.469 e. The number of methoxy groups -OCH3 is 2. The van der Waals surface area contributed by atoms with Crippen molar-refractivity contribution < 1.29 is 24.2 Å². The van der Waals surface area contributed by atoms with Crippen molar-refractivity contribution in [1.82, 2.24) is 0 Å². The van der Waals surface area contributed by atoms with Crippen LogP contribution in [0.5, 0.6) is 0 Å². The fraction of sp³-hybridized carbons (Fsp3) is 0.394. The molecule has 0 saturated carbocycles. The van der Waals surface area contributed by atoms with Gasteiger partial charge in [0.05, 0.1) is 25.9 Å². The lowest BCUT2D eigenvalue weighted by Gasteiger charge is -2.24. The van der Waals surface area contributed by atoms with E-state index in [0.29, 0.717) is 0 Å². The topological polar surface area (TPSA) is 72.8 Å². The number of hydrogen-bond donors (Lipinski definition) is 1. The summed E-state index contributed by atoms with van der Waals surface area (Å²) in [5.74, 6) is -0.978. The van der Waals surface area contributed by atoms with Gasteiger partial charge in [-0.15, -0.1) is 11.8 Å². The molecule has 208 valence electrons. The van der Waals surface area contributed by atoms with Crippen LogP contribution in [-0.4, -0.2) is 37.4 Å². The van der Waals surface area contributed by atoms with Gasteiger partial charge in [0.2, 0.25) is 0 Å². The number of hydrogen-bond acceptors (Lipinski definition) is 6. The van der Waals surface area contributed by atoms with E-state index < -0.39 is 17.3 Å². The molecule has 1 N–H and O–H groups in total. The first kappa shape index (κ1) is 30.5. The number of carbonyl (C=O) groups is 2. The summed E-state index contributed by atoms with van der Waals surface area (Å²) >= 11 is 1.40. The lowest BCUT2D eigenvalue weighted by Crippen LogP contribution is -2.28. The van der Waals surface area contributed by atoms with Crippen LogP contribution in [-0.2, 0) is 38.3 Å². The number of esters is 2. The second kappa shape index (κ2) is 16.8. The number of benzene rings is 3. The van der Waals surface area contributed by atoms with E-state index in [1.165, 1.54) is 57.2 Å². The predicted molar refractivity (Wildman–Crippen MR) is 157 cm³/mol. The quantitative estimate of drug-likeness (QED) is 0.119. The van der Waals surface area contributed by atoms with E-state index in [-0.39, 0.29) is 12.4 Å². The second-order valence-corrected chi connectivity index (χ2v) is 10.9. The highest BCUT2D eigenvalue weighted by molar-refractivity contribution is 7.99. The van der Waals surface area contributed by atoms with Crippen molar-refractivity contribution in [3.63, 3.8) is 0 Å². The van der Waals surface area contributed by atoms with E-state index in [1.54, 1.807) is 0 Å². The molecule has 0 aliphatic rings. The normalized spacial score (nSPS) is 12.5. The molecule has 0 aliphatic heterocycles. The number of thioether (sulfide) groups is 1. The molecule has 0 fully saturated rings. The van der Waals surface area contributed by atoms with Crippen LogP contribution in [0.3, 0.4) is 0 Å². The molecule has 0 radical (unpaired) electrons. The molecule has 5 nitrogen and oxygen atoms in total. The highest BCUT2D eigenvalue weighted by Gasteiger charge is 2.31. The van der Waals surface area contributed by atoms with Crippen LogP contribution < -0.4 is 0 Å². The summed E-state index contributed by atoms with van der Waals surface area (Å²) < 4.78 is 9.68. The molecule has 2 atom stereocenters. The van der Waals surface area contributed by atoms with Gasteiger partial charge in [-0.1, -0.05) is 92.4 Å². The van der Waals surface area contributed by atoms with Crippen LogP contribution >= 0.6 is 11.8 Å². The zero-order chi connectivity index (χ0) is 27.9. The molecule has 3 rings (SSSR count). The van der Waals surface area contributed by atoms with Gasteiger partial charge in [0.15, 0.2) is 6.10 Å². The van der Waals surface area contributed by atoms with Gasteiger partial charge in [0, 0.05) is 4.90 Å². The van der Waals surface area contributed by atoms with Crippen molar-refractivity contribution in [3.8, 4) is 0 Å². The van der Waals surface area contributed by atoms with Gasteiger partial charge in [0.1, 0.15) is 0 Å². The largest absolute Gasteiger partial charge is 0.469 e. The molecule has 0 unspecified atom stereocenters. The van der Waals surface area contributed by atoms with Crippen LogP contribution in [0.15, 0.2) is 83.8 Å². The highest BCUT2D eigenvalue weighted by Crippen LogP contribution is 2.40. The molecular formula is C33H40O5S. The van der Waals surface area contributed by atoms with E-state index in [1.807, 2.05) is 42.5 Å². The van der Waals surface area contributed by atoms with E-state index in [2.05, 4.69) is 36.4 Å². The van der Waals surface area contributed by atoms with Gasteiger partial charge < -0.3 is 14.6 Å². The minimum absolute atomic E-state index is 0.165. The number of rotatable bonds is 16. The van der Waals surface area contributed by atoms with Crippen molar-refractivity contribution in [1.29, 1.82) is 0 Å². The van der Waals surface area contributed by atoms with Crippen molar-refractivity contribution in [3.05, 3.63) is 101 Å². The summed E-state index contributed by atoms with van der Waals surface area (Å²) in [7, 11) is 2.66. The maximum absolute atomic E-state index is 12.4. The molecule has 3 aromatic rings. The van der Waals surface area contributed by atoms with Gasteiger partial charge in [0.25, 0.3) is 0 Å². The number of carbonyl (C=O) groups excluding carboxylic acids is 2. The maximum Gasteiger partial charge on any atom is 0.336 e. The molecule has 0 saturated heterocycles. The van der Waals surface area contributed by atoms with Crippen molar-refractivity contribution in [2.75, 3.05) is 14.2 Å². The Morgan fingerprint density at radius 1 is 0.744 bits per heavy atom. The molecule has 3 aromatic carbocycles. The molecule has 0 aromatic heterocycles. The zero-order valence-corrected chi connectivity index (χ0v) is 23.8. The maximum atomic E-state index is 12.4. The lowest BCUT2D eigenvalue weighted by atomic mass is 9.96. The van der Waals surface area contributed by atoms with Crippen LogP contribution in [0.2, 0.25) is 0 Å². The summed E-state index contributed by atoms with van der Waals surface area (Å²) in [5, 5.41) is 10.4. The first-order valence-electron chi connectivity index (χ1n) is 13.7. The van der Waals surface area contributed by atoms with Gasteiger partial charge in [-0.25, -0.2) is 4.79 Å². The Hall–Kier alpha value is -3.09. The number of unbranched alkanes of at least 4 members (excludes halogenated alkanes) is 5. The summed E-state index contributed by atoms with van der Waals surface area (Å²) in [4.78, 5) is 25.0. The Morgan fingerprint density at radius 3 is 2.10 bits per heavy atom. The van der Waals surface area contributed by atoms with E-state index >= 15 is 0 Å². The van der Waals surface area contributed by atoms with Gasteiger partial charge in [-0.3, -0.25) is 4.79 Å². The number of aliphatic hydroxyl groups is 1. The fourth-order valence-electron chi connectivity index (χ4n) is 4.69. The number of aryl methyl sites for hydroxylation is 2. The standard InChI is InChI=1S/C33H40O5S/c1-37-30(34)24-26-18-14-21-28(23-26)39-32(31(35)33(36)38-2)29-22-13-12-20-27(29)19-11-6-4-3-5-8-15-25-16-9-7-10-17-25/h7,9-10,12-14,16-18,20-23,31-32,35H,3-6,8,11,15,19,24H2,1-2H3/t31-,32-/m1/s1. The van der Waals surface area contributed by atoms with Gasteiger partial charge >= 0.3 is 11.9 Å². The summed E-state index contributed by atoms with van der Waals surface area (Å²) in [6.07, 6.45) is 7.95. The third-order valence-corrected chi connectivity index (χ3v) is 8.12. The minimum atomic E-state index is -1.32. The molecule has 39 heavy (non-hydrogen) atoms. The van der Waals surface area contributed by atoms with E-state index in [0.717, 1.165) is 47.3 Å². The second-order valence-electron chi connectivity index (χ2n) is 9.71. The highest BCUT2D eigenvalue weighted by atomic mass is 32.2. The number of aliphatic hydroxyl groups excluding tert-OH is 1. The third kappa shape index (κ3) is 10.2. The summed E-state index contributed by atoms with van der Waals surface area (Å²) in [6, 6.07) is 26.2. The lowest BCUT2D eigenvalue weighted by molar-refractivity contribution is -0.150. The monoisotopic (exact) mass is 548 g/mol. The van der Waals surface area contributed by atoms with Crippen LogP contribution in [0.4, 0.5) is 0 Å². The van der Waals surface area contributed by atoms with Gasteiger partial charge in [-0.2, -0.15) is 0 Å². The summed E-state index contributed by atoms with van der Waals surface area (Å²) in [6.45, 7) is 0. The first-order valence-corrected chi connectivity index (χ1v) is 14.6. The van der Waals surface area contributed by atoms with Crippen molar-refractivity contribution >= 4 is 23.7 Å². The van der Waals surface area contributed by atoms with Crippen molar-refractivity contribution in [2.45, 2.75) is 74.0 Å². The Labute approximate surface area is 236 Å². The van der Waals surface area contributed by atoms with Crippen LogP contribution in [0, 0.1) is 0 Å². The first-order chi connectivity index (χ1) is 19.0. The molecule has 0 spiro atoms. The molecule has 0 amide bonds. The Bertz CT molecular complexity index is 1160. The molecule has 0 heterocycles. The number of ether oxygens (including phenoxy) is 2. The van der Waals surface area contributed by atoms with Crippen LogP contribution in [0.1, 0.15) is 66.0 Å². The van der Waals surface area contributed by atoms with Crippen LogP contribution in [0.25, 0.3) is 0 Å². The average Bonchev–Trinajstić information content (AvgIpc) is 2.97. The molecule has 6 heteroatoms. The zero-order valence-electron chi connectivity index (χ0n) is 23.0. The molecule has 0 aliphatic carbocycles. The average molecular weight is 549 g/mol. The summed E-state index contributed by atoms with van der Waals surface area (Å²) in [5.41, 5.74) is 4.29. The third-order valence-electron chi connectivity index (χ3n) is 6.83. The smallest absolute Gasteiger partial charge is 0.336 e.